The number of hydrogen-bond donors (Lipinski definition) is 1. The molecule has 48 heavy (non-hydrogen) atoms. The molecule has 1 amide bonds. The van der Waals surface area contributed by atoms with Gasteiger partial charge in [-0.3, -0.25) is 9.59 Å². The van der Waals surface area contributed by atoms with Gasteiger partial charge in [0.15, 0.2) is 5.78 Å². The molecule has 0 saturated heterocycles. The zero-order valence-corrected chi connectivity index (χ0v) is 31.1. The van der Waals surface area contributed by atoms with E-state index >= 15 is 0 Å². The summed E-state index contributed by atoms with van der Waals surface area (Å²) in [5, 5.41) is 3.32. The van der Waals surface area contributed by atoms with Crippen LogP contribution in [0, 0.1) is 44.8 Å². The first-order valence-electron chi connectivity index (χ1n) is 18.4. The molecule has 0 radical (unpaired) electrons. The normalized spacial score (nSPS) is 39.9. The first-order valence-corrected chi connectivity index (χ1v) is 18.4. The van der Waals surface area contributed by atoms with Gasteiger partial charge in [0, 0.05) is 18.8 Å². The van der Waals surface area contributed by atoms with E-state index in [2.05, 4.69) is 60.7 Å². The van der Waals surface area contributed by atoms with Gasteiger partial charge in [-0.1, -0.05) is 67.5 Å². The predicted octanol–water partition coefficient (Wildman–Crippen LogP) is 8.98. The highest BCUT2D eigenvalue weighted by atomic mass is 16.6. The van der Waals surface area contributed by atoms with E-state index in [1.54, 1.807) is 14.0 Å². The van der Waals surface area contributed by atoms with Crippen molar-refractivity contribution in [2.24, 2.45) is 44.8 Å². The number of alkyl carbamates (subject to hydrolysis) is 1. The molecule has 0 bridgehead atoms. The third-order valence-electron chi connectivity index (χ3n) is 15.7. The van der Waals surface area contributed by atoms with Gasteiger partial charge >= 0.3 is 12.1 Å². The highest BCUT2D eigenvalue weighted by Crippen LogP contribution is 2.79. The average molecular weight is 662 g/mol. The van der Waals surface area contributed by atoms with Crippen LogP contribution in [0.15, 0.2) is 35.4 Å². The molecule has 0 spiro atoms. The molecule has 264 valence electrons. The SMILES string of the molecule is COc1ccc(COC(=O)NC23CC[C@]4(C)[C@H](CC[C@@H]5[C@@]6(C)CC[C@H](OC(C)=O)C(C)(C)[C@]6(C)CC[C@]54C)C2=C(C(C)C)C(=O)C3)cc1. The number of rotatable bonds is 6. The number of ketones is 1. The standard InChI is InChI=1S/C41H59NO6/c1-25(2)33-30(44)23-41(42-35(45)47-24-27-11-13-28(46-10)14-12-27)22-20-37(6)29(34(33)41)15-16-31-38(37,7)19-21-40(9)36(4,5)32(48-26(3)43)17-18-39(31,40)8/h11-14,25,29,31-32H,15-24H2,1-10H3,(H,42,45)/t29-,31+,32+,37-,38-,39-,40+,41?/m1/s1. The van der Waals surface area contributed by atoms with Gasteiger partial charge < -0.3 is 19.5 Å². The summed E-state index contributed by atoms with van der Waals surface area (Å²) in [5.74, 6) is 1.57. The predicted molar refractivity (Wildman–Crippen MR) is 186 cm³/mol. The molecular weight excluding hydrogens is 602 g/mol. The number of hydrogen-bond acceptors (Lipinski definition) is 6. The monoisotopic (exact) mass is 661 g/mol. The molecular formula is C41H59NO6. The second-order valence-electron chi connectivity index (χ2n) is 17.8. The molecule has 6 rings (SSSR count). The number of carbonyl (C=O) groups is 3. The van der Waals surface area contributed by atoms with Crippen LogP contribution in [-0.2, 0) is 25.7 Å². The highest BCUT2D eigenvalue weighted by Gasteiger charge is 2.73. The maximum absolute atomic E-state index is 13.9. The Morgan fingerprint density at radius 1 is 0.875 bits per heavy atom. The van der Waals surface area contributed by atoms with E-state index in [1.165, 1.54) is 5.57 Å². The summed E-state index contributed by atoms with van der Waals surface area (Å²) in [6.07, 6.45) is 7.73. The van der Waals surface area contributed by atoms with Crippen LogP contribution < -0.4 is 10.1 Å². The number of esters is 1. The molecule has 4 fully saturated rings. The van der Waals surface area contributed by atoms with E-state index < -0.39 is 11.6 Å². The lowest BCUT2D eigenvalue weighted by Crippen LogP contribution is -2.70. The van der Waals surface area contributed by atoms with Gasteiger partial charge in [-0.25, -0.2) is 4.79 Å². The number of nitrogens with one attached hydrogen (secondary N) is 1. The third-order valence-corrected chi connectivity index (χ3v) is 15.7. The summed E-state index contributed by atoms with van der Waals surface area (Å²) in [7, 11) is 1.63. The van der Waals surface area contributed by atoms with Gasteiger partial charge in [-0.2, -0.15) is 0 Å². The fourth-order valence-corrected chi connectivity index (χ4v) is 12.4. The molecule has 1 unspecified atom stereocenters. The Morgan fingerprint density at radius 2 is 1.54 bits per heavy atom. The minimum absolute atomic E-state index is 0.0184. The van der Waals surface area contributed by atoms with E-state index in [0.717, 1.165) is 68.3 Å². The van der Waals surface area contributed by atoms with Crippen molar-refractivity contribution in [2.45, 2.75) is 138 Å². The molecule has 1 aromatic rings. The summed E-state index contributed by atoms with van der Waals surface area (Å²) in [6, 6.07) is 7.52. The Kier molecular flexibility index (Phi) is 8.48. The molecule has 8 atom stereocenters. The van der Waals surface area contributed by atoms with Crippen molar-refractivity contribution in [3.8, 4) is 5.75 Å². The Hall–Kier alpha value is -2.83. The molecule has 7 nitrogen and oxygen atoms in total. The van der Waals surface area contributed by atoms with Crippen molar-refractivity contribution in [1.29, 1.82) is 0 Å². The molecule has 1 N–H and O–H groups in total. The number of benzene rings is 1. The average Bonchev–Trinajstić information content (AvgIpc) is 3.31. The molecule has 0 aliphatic heterocycles. The summed E-state index contributed by atoms with van der Waals surface area (Å²) in [5.41, 5.74) is 2.35. The Labute approximate surface area is 288 Å². The smallest absolute Gasteiger partial charge is 0.408 e. The van der Waals surface area contributed by atoms with Gasteiger partial charge in [0.05, 0.1) is 12.6 Å². The van der Waals surface area contributed by atoms with Gasteiger partial charge in [-0.15, -0.1) is 0 Å². The molecule has 0 aromatic heterocycles. The zero-order valence-electron chi connectivity index (χ0n) is 31.1. The van der Waals surface area contributed by atoms with Gasteiger partial charge in [0.2, 0.25) is 0 Å². The van der Waals surface area contributed by atoms with E-state index in [-0.39, 0.29) is 63.4 Å². The van der Waals surface area contributed by atoms with Gasteiger partial charge in [0.25, 0.3) is 0 Å². The van der Waals surface area contributed by atoms with Crippen molar-refractivity contribution in [2.75, 3.05) is 7.11 Å². The van der Waals surface area contributed by atoms with Crippen LogP contribution in [0.4, 0.5) is 4.79 Å². The number of fused-ring (bicyclic) bond motifs is 7. The number of amides is 1. The lowest BCUT2D eigenvalue weighted by molar-refractivity contribution is -0.269. The molecule has 0 heterocycles. The maximum atomic E-state index is 13.9. The summed E-state index contributed by atoms with van der Waals surface area (Å²) in [6.45, 7) is 20.8. The van der Waals surface area contributed by atoms with Crippen molar-refractivity contribution in [3.05, 3.63) is 41.0 Å². The zero-order chi connectivity index (χ0) is 35.1. The topological polar surface area (TPSA) is 90.9 Å². The van der Waals surface area contributed by atoms with Crippen LogP contribution in [0.1, 0.15) is 126 Å². The van der Waals surface area contributed by atoms with Crippen LogP contribution in [-0.4, -0.2) is 36.6 Å². The highest BCUT2D eigenvalue weighted by molar-refractivity contribution is 6.02. The van der Waals surface area contributed by atoms with Crippen LogP contribution in [0.2, 0.25) is 0 Å². The van der Waals surface area contributed by atoms with Crippen LogP contribution in [0.25, 0.3) is 0 Å². The number of carbonyl (C=O) groups excluding carboxylic acids is 3. The first-order chi connectivity index (χ1) is 22.4. The van der Waals surface area contributed by atoms with Crippen LogP contribution in [0.3, 0.4) is 0 Å². The Balaban J connectivity index is 1.31. The first kappa shape index (κ1) is 35.0. The maximum Gasteiger partial charge on any atom is 0.408 e. The minimum atomic E-state index is -0.696. The summed E-state index contributed by atoms with van der Waals surface area (Å²) in [4.78, 5) is 39.6. The summed E-state index contributed by atoms with van der Waals surface area (Å²) >= 11 is 0. The van der Waals surface area contributed by atoms with Crippen molar-refractivity contribution in [3.63, 3.8) is 0 Å². The summed E-state index contributed by atoms with van der Waals surface area (Å²) < 4.78 is 17.0. The molecule has 1 aromatic carbocycles. The Bertz CT molecular complexity index is 1510. The van der Waals surface area contributed by atoms with Crippen molar-refractivity contribution >= 4 is 17.8 Å². The number of Topliss-reactive ketones (excluding diaryl/α,β-unsaturated/α-hetero) is 1. The van der Waals surface area contributed by atoms with Gasteiger partial charge in [0.1, 0.15) is 18.5 Å². The molecule has 5 aliphatic rings. The largest absolute Gasteiger partial charge is 0.497 e. The second-order valence-corrected chi connectivity index (χ2v) is 17.8. The minimum Gasteiger partial charge on any atom is -0.497 e. The van der Waals surface area contributed by atoms with E-state index in [1.807, 2.05) is 24.3 Å². The van der Waals surface area contributed by atoms with Crippen LogP contribution in [0.5, 0.6) is 5.75 Å². The Morgan fingerprint density at radius 3 is 2.17 bits per heavy atom. The lowest BCUT2D eigenvalue weighted by atomic mass is 9.30. The fourth-order valence-electron chi connectivity index (χ4n) is 12.4. The van der Waals surface area contributed by atoms with Crippen molar-refractivity contribution in [1.82, 2.24) is 5.32 Å². The van der Waals surface area contributed by atoms with Crippen LogP contribution >= 0.6 is 0 Å². The van der Waals surface area contributed by atoms with E-state index in [4.69, 9.17) is 14.2 Å². The fraction of sp³-hybridized carbons (Fsp3) is 0.732. The quantitative estimate of drug-likeness (QED) is 0.306. The molecule has 5 aliphatic carbocycles. The number of methoxy groups -OCH3 is 1. The third kappa shape index (κ3) is 4.82. The second kappa shape index (κ2) is 11.6. The molecule has 7 heteroatoms. The van der Waals surface area contributed by atoms with E-state index in [9.17, 15) is 14.4 Å². The van der Waals surface area contributed by atoms with E-state index in [0.29, 0.717) is 12.3 Å². The number of ether oxygens (including phenoxy) is 3. The van der Waals surface area contributed by atoms with Gasteiger partial charge in [-0.05, 0) is 120 Å². The molecule has 4 saturated carbocycles. The lowest BCUT2D eigenvalue weighted by Gasteiger charge is -2.75. The van der Waals surface area contributed by atoms with Crippen molar-refractivity contribution < 1.29 is 28.6 Å². The number of allylic oxidation sites excluding steroid dienone is 1.